The van der Waals surface area contributed by atoms with Crippen LogP contribution >= 0.6 is 22.7 Å². The molecule has 1 N–H and O–H groups in total. The smallest absolute Gasteiger partial charge is 0.307 e. The van der Waals surface area contributed by atoms with E-state index >= 15 is 0 Å². The van der Waals surface area contributed by atoms with E-state index in [1.165, 1.54) is 26.6 Å². The molecule has 2 atom stereocenters. The van der Waals surface area contributed by atoms with Crippen LogP contribution in [0.15, 0.2) is 76.3 Å². The molecule has 0 spiro atoms. The molecule has 0 bridgehead atoms. The molecule has 0 saturated heterocycles. The van der Waals surface area contributed by atoms with Crippen molar-refractivity contribution in [1.82, 2.24) is 3.97 Å². The number of carboxylic acids is 1. The van der Waals surface area contributed by atoms with Gasteiger partial charge in [0.25, 0.3) is 10.0 Å². The van der Waals surface area contributed by atoms with Gasteiger partial charge in [0.15, 0.2) is 0 Å². The molecular formula is C28H20N2O4S3. The maximum absolute atomic E-state index is 14.2. The molecule has 3 aromatic heterocycles. The third-order valence-corrected chi connectivity index (χ3v) is 10.3. The van der Waals surface area contributed by atoms with Gasteiger partial charge in [-0.2, -0.15) is 11.3 Å². The van der Waals surface area contributed by atoms with Gasteiger partial charge in [0.1, 0.15) is 0 Å². The molecule has 2 unspecified atom stereocenters. The first-order valence-electron chi connectivity index (χ1n) is 11.5. The molecule has 9 heteroatoms. The highest BCUT2D eigenvalue weighted by Gasteiger charge is 2.44. The number of rotatable bonds is 6. The molecule has 6 nitrogen and oxygen atoms in total. The molecule has 184 valence electrons. The Labute approximate surface area is 221 Å². The van der Waals surface area contributed by atoms with Crippen LogP contribution in [0.5, 0.6) is 0 Å². The molecule has 1 fully saturated rings. The lowest BCUT2D eigenvalue weighted by Crippen LogP contribution is -2.14. The molecule has 1 saturated carbocycles. The highest BCUT2D eigenvalue weighted by Crippen LogP contribution is 2.52. The highest BCUT2D eigenvalue weighted by molar-refractivity contribution is 7.90. The van der Waals surface area contributed by atoms with Crippen molar-refractivity contribution in [3.05, 3.63) is 94.0 Å². The summed E-state index contributed by atoms with van der Waals surface area (Å²) in [4.78, 5) is 16.1. The fraction of sp³-hybridized carbons (Fsp3) is 0.143. The van der Waals surface area contributed by atoms with Crippen LogP contribution in [0.2, 0.25) is 0 Å². The van der Waals surface area contributed by atoms with Gasteiger partial charge < -0.3 is 5.11 Å². The molecule has 1 aliphatic rings. The van der Waals surface area contributed by atoms with Crippen LogP contribution in [0.1, 0.15) is 23.5 Å². The van der Waals surface area contributed by atoms with E-state index in [0.29, 0.717) is 33.8 Å². The Morgan fingerprint density at radius 1 is 1.11 bits per heavy atom. The Bertz CT molecular complexity index is 1840. The van der Waals surface area contributed by atoms with Gasteiger partial charge in [-0.05, 0) is 59.9 Å². The van der Waals surface area contributed by atoms with Crippen LogP contribution < -0.4 is 0 Å². The minimum atomic E-state index is -4.02. The van der Waals surface area contributed by atoms with E-state index < -0.39 is 21.9 Å². The molecule has 37 heavy (non-hydrogen) atoms. The lowest BCUT2D eigenvalue weighted by Gasteiger charge is -2.13. The third kappa shape index (κ3) is 3.80. The minimum Gasteiger partial charge on any atom is -0.481 e. The maximum Gasteiger partial charge on any atom is 0.307 e. The number of para-hydroxylation sites is 1. The number of benzene rings is 2. The fourth-order valence-electron chi connectivity index (χ4n) is 4.86. The van der Waals surface area contributed by atoms with Gasteiger partial charge in [-0.1, -0.05) is 42.0 Å². The van der Waals surface area contributed by atoms with Crippen LogP contribution in [0.3, 0.4) is 0 Å². The summed E-state index contributed by atoms with van der Waals surface area (Å²) >= 11 is 2.72. The Kier molecular flexibility index (Phi) is 5.57. The van der Waals surface area contributed by atoms with Gasteiger partial charge >= 0.3 is 5.97 Å². The van der Waals surface area contributed by atoms with E-state index in [2.05, 4.69) is 4.85 Å². The lowest BCUT2D eigenvalue weighted by atomic mass is 10.0. The van der Waals surface area contributed by atoms with Crippen molar-refractivity contribution in [2.45, 2.75) is 24.2 Å². The van der Waals surface area contributed by atoms with Gasteiger partial charge in [0, 0.05) is 16.5 Å². The predicted octanol–water partition coefficient (Wildman–Crippen LogP) is 7.38. The summed E-state index contributed by atoms with van der Waals surface area (Å²) < 4.78 is 29.8. The number of aliphatic carboxylic acids is 1. The number of thiophene rings is 2. The summed E-state index contributed by atoms with van der Waals surface area (Å²) in [6.07, 6.45) is 0.579. The molecule has 6 rings (SSSR count). The number of nitrogens with zero attached hydrogens (tertiary/aromatic N) is 2. The summed E-state index contributed by atoms with van der Waals surface area (Å²) in [7, 11) is -4.02. The van der Waals surface area contributed by atoms with E-state index in [-0.39, 0.29) is 10.8 Å². The summed E-state index contributed by atoms with van der Waals surface area (Å²) in [6.45, 7) is 9.61. The summed E-state index contributed by atoms with van der Waals surface area (Å²) in [5, 5.41) is 14.4. The minimum absolute atomic E-state index is 0.0718. The quantitative estimate of drug-likeness (QED) is 0.226. The van der Waals surface area contributed by atoms with Crippen LogP contribution in [0, 0.1) is 19.4 Å². The largest absolute Gasteiger partial charge is 0.481 e. The van der Waals surface area contributed by atoms with Crippen molar-refractivity contribution in [2.75, 3.05) is 0 Å². The van der Waals surface area contributed by atoms with Gasteiger partial charge in [-0.3, -0.25) is 4.79 Å². The number of carbonyl (C=O) groups is 1. The van der Waals surface area contributed by atoms with Crippen LogP contribution in [0.25, 0.3) is 37.4 Å². The molecule has 0 radical (unpaired) electrons. The number of hydrogen-bond donors (Lipinski definition) is 1. The molecule has 0 aliphatic heterocycles. The molecule has 0 amide bonds. The summed E-state index contributed by atoms with van der Waals surface area (Å²) in [5.41, 5.74) is 4.26. The Balaban J connectivity index is 1.67. The van der Waals surface area contributed by atoms with Crippen LogP contribution in [-0.2, 0) is 14.8 Å². The second kappa shape index (κ2) is 8.70. The Morgan fingerprint density at radius 2 is 1.86 bits per heavy atom. The maximum atomic E-state index is 14.2. The first-order valence-corrected chi connectivity index (χ1v) is 14.7. The third-order valence-electron chi connectivity index (χ3n) is 6.80. The number of fused-ring (bicyclic) bond motifs is 1. The second-order valence-electron chi connectivity index (χ2n) is 9.11. The van der Waals surface area contributed by atoms with Crippen molar-refractivity contribution in [3.63, 3.8) is 0 Å². The van der Waals surface area contributed by atoms with Crippen LogP contribution in [-0.4, -0.2) is 23.5 Å². The van der Waals surface area contributed by atoms with Crippen molar-refractivity contribution in [1.29, 1.82) is 0 Å². The van der Waals surface area contributed by atoms with E-state index in [4.69, 9.17) is 6.57 Å². The summed E-state index contributed by atoms with van der Waals surface area (Å²) in [5.74, 6) is -1.29. The fourth-order valence-corrected chi connectivity index (χ4v) is 8.15. The average molecular weight is 545 g/mol. The number of hydrogen-bond acceptors (Lipinski definition) is 5. The first-order chi connectivity index (χ1) is 17.8. The normalized spacial score (nSPS) is 17.1. The monoisotopic (exact) mass is 544 g/mol. The van der Waals surface area contributed by atoms with E-state index in [0.717, 1.165) is 21.4 Å². The van der Waals surface area contributed by atoms with Crippen molar-refractivity contribution in [3.8, 4) is 21.7 Å². The van der Waals surface area contributed by atoms with Gasteiger partial charge in [0.2, 0.25) is 5.00 Å². The SMILES string of the molecule is [C-]#[N+]c1sccc1-c1c(-c2cc(C3CC3C(=O)O)cs2)n(S(=O)(=O)c2ccc(C)cc2)c2ccccc12. The molecule has 1 aliphatic carbocycles. The molecule has 5 aromatic rings. The Morgan fingerprint density at radius 3 is 2.57 bits per heavy atom. The molecule has 2 aromatic carbocycles. The van der Waals surface area contributed by atoms with Crippen molar-refractivity contribution in [2.24, 2.45) is 5.92 Å². The van der Waals surface area contributed by atoms with Gasteiger partial charge in [0.05, 0.1) is 33.5 Å². The number of aromatic nitrogens is 1. The zero-order chi connectivity index (χ0) is 25.9. The van der Waals surface area contributed by atoms with Gasteiger partial charge in [-0.15, -0.1) is 11.3 Å². The zero-order valence-electron chi connectivity index (χ0n) is 19.6. The lowest BCUT2D eigenvalue weighted by molar-refractivity contribution is -0.138. The molecular weight excluding hydrogens is 525 g/mol. The van der Waals surface area contributed by atoms with Crippen LogP contribution in [0.4, 0.5) is 5.00 Å². The second-order valence-corrected chi connectivity index (χ2v) is 12.7. The zero-order valence-corrected chi connectivity index (χ0v) is 22.0. The summed E-state index contributed by atoms with van der Waals surface area (Å²) in [6, 6.07) is 17.9. The number of carboxylic acid groups (broad SMARTS) is 1. The highest BCUT2D eigenvalue weighted by atomic mass is 32.2. The molecule has 3 heterocycles. The van der Waals surface area contributed by atoms with E-state index in [1.807, 2.05) is 48.0 Å². The Hall–Kier alpha value is -3.71. The van der Waals surface area contributed by atoms with Gasteiger partial charge in [-0.25, -0.2) is 17.2 Å². The van der Waals surface area contributed by atoms with E-state index in [1.54, 1.807) is 30.3 Å². The standard InChI is InChI=1S/C28H20N2O4S3/c1-16-7-9-18(10-8-16)37(33,34)30-23-6-4-3-5-19(23)25(20-11-12-35-27(20)29-2)26(30)24-13-17(15-36-24)21-14-22(21)28(31)32/h3-13,15,21-22H,14H2,1H3,(H,31,32). The van der Waals surface area contributed by atoms with Crippen molar-refractivity contribution >= 4 is 54.6 Å². The van der Waals surface area contributed by atoms with Crippen molar-refractivity contribution < 1.29 is 18.3 Å². The van der Waals surface area contributed by atoms with E-state index in [9.17, 15) is 18.3 Å². The topological polar surface area (TPSA) is 80.7 Å². The first kappa shape index (κ1) is 23.7. The number of aryl methyl sites for hydroxylation is 1. The predicted molar refractivity (Wildman–Crippen MR) is 147 cm³/mol. The average Bonchev–Trinajstić information content (AvgIpc) is 3.20.